The zero-order chi connectivity index (χ0) is 18.2. The maximum atomic E-state index is 12.0. The summed E-state index contributed by atoms with van der Waals surface area (Å²) in [5.41, 5.74) is 2.76. The first-order chi connectivity index (χ1) is 12.8. The van der Waals surface area contributed by atoms with E-state index < -0.39 is 0 Å². The van der Waals surface area contributed by atoms with Crippen molar-refractivity contribution in [2.45, 2.75) is 19.3 Å². The molecule has 1 aliphatic heterocycles. The van der Waals surface area contributed by atoms with Crippen molar-refractivity contribution >= 4 is 11.6 Å². The van der Waals surface area contributed by atoms with Gasteiger partial charge in [-0.05, 0) is 43.0 Å². The summed E-state index contributed by atoms with van der Waals surface area (Å²) in [6.45, 7) is 2.67. The number of methoxy groups -OCH3 is 1. The van der Waals surface area contributed by atoms with E-state index in [9.17, 15) is 4.79 Å². The Morgan fingerprint density at radius 1 is 1.12 bits per heavy atom. The van der Waals surface area contributed by atoms with Gasteiger partial charge in [0, 0.05) is 25.3 Å². The molecule has 0 atom stereocenters. The standard InChI is InChI=1S/C21H26N2O3/c1-25-19-11-4-5-12-20(19)26-16-21(24)22-13-7-15-23-14-6-9-17-8-2-3-10-18(17)23/h2-5,8,10-12H,6-7,9,13-16H2,1H3,(H,22,24). The minimum Gasteiger partial charge on any atom is -0.493 e. The Labute approximate surface area is 154 Å². The van der Waals surface area contributed by atoms with E-state index in [-0.39, 0.29) is 12.5 Å². The van der Waals surface area contributed by atoms with Gasteiger partial charge >= 0.3 is 0 Å². The minimum absolute atomic E-state index is 0.00702. The fourth-order valence-corrected chi connectivity index (χ4v) is 3.27. The van der Waals surface area contributed by atoms with E-state index in [4.69, 9.17) is 9.47 Å². The van der Waals surface area contributed by atoms with E-state index >= 15 is 0 Å². The monoisotopic (exact) mass is 354 g/mol. The maximum Gasteiger partial charge on any atom is 0.257 e. The summed E-state index contributed by atoms with van der Waals surface area (Å²) in [5.74, 6) is 1.09. The third-order valence-corrected chi connectivity index (χ3v) is 4.56. The van der Waals surface area contributed by atoms with E-state index in [2.05, 4.69) is 34.5 Å². The van der Waals surface area contributed by atoms with Gasteiger partial charge in [-0.3, -0.25) is 4.79 Å². The molecule has 0 saturated heterocycles. The number of carbonyl (C=O) groups is 1. The van der Waals surface area contributed by atoms with Crippen LogP contribution in [0.1, 0.15) is 18.4 Å². The lowest BCUT2D eigenvalue weighted by Crippen LogP contribution is -2.34. The number of para-hydroxylation sites is 3. The Balaban J connectivity index is 1.38. The third-order valence-electron chi connectivity index (χ3n) is 4.56. The molecule has 5 nitrogen and oxygen atoms in total. The number of aryl methyl sites for hydroxylation is 1. The molecule has 0 radical (unpaired) electrons. The van der Waals surface area contributed by atoms with Crippen molar-refractivity contribution in [3.63, 3.8) is 0 Å². The van der Waals surface area contributed by atoms with Crippen LogP contribution in [0.2, 0.25) is 0 Å². The minimum atomic E-state index is -0.116. The first kappa shape index (κ1) is 18.1. The van der Waals surface area contributed by atoms with E-state index in [1.807, 2.05) is 18.2 Å². The van der Waals surface area contributed by atoms with Crippen molar-refractivity contribution in [3.8, 4) is 11.5 Å². The Morgan fingerprint density at radius 2 is 1.88 bits per heavy atom. The van der Waals surface area contributed by atoms with E-state index in [0.717, 1.165) is 25.9 Å². The molecule has 0 fully saturated rings. The smallest absolute Gasteiger partial charge is 0.257 e. The number of hydrogen-bond acceptors (Lipinski definition) is 4. The van der Waals surface area contributed by atoms with Crippen molar-refractivity contribution in [1.82, 2.24) is 5.32 Å². The molecule has 26 heavy (non-hydrogen) atoms. The van der Waals surface area contributed by atoms with Crippen molar-refractivity contribution in [2.75, 3.05) is 38.3 Å². The van der Waals surface area contributed by atoms with Crippen molar-refractivity contribution < 1.29 is 14.3 Å². The first-order valence-electron chi connectivity index (χ1n) is 9.13. The average Bonchev–Trinajstić information content (AvgIpc) is 2.70. The largest absolute Gasteiger partial charge is 0.493 e. The van der Waals surface area contributed by atoms with Crippen LogP contribution in [0.15, 0.2) is 48.5 Å². The Hall–Kier alpha value is -2.69. The maximum absolute atomic E-state index is 12.0. The van der Waals surface area contributed by atoms with Crippen LogP contribution in [0.3, 0.4) is 0 Å². The molecule has 2 aromatic rings. The molecule has 0 aromatic heterocycles. The van der Waals surface area contributed by atoms with Crippen molar-refractivity contribution in [3.05, 3.63) is 54.1 Å². The van der Waals surface area contributed by atoms with Gasteiger partial charge in [0.05, 0.1) is 7.11 Å². The number of fused-ring (bicyclic) bond motifs is 1. The van der Waals surface area contributed by atoms with E-state index in [0.29, 0.717) is 18.0 Å². The Kier molecular flexibility index (Phi) is 6.36. The zero-order valence-corrected chi connectivity index (χ0v) is 15.2. The highest BCUT2D eigenvalue weighted by Gasteiger charge is 2.15. The molecule has 1 heterocycles. The van der Waals surface area contributed by atoms with Gasteiger partial charge < -0.3 is 19.7 Å². The molecule has 0 aliphatic carbocycles. The Bertz CT molecular complexity index is 733. The molecule has 1 N–H and O–H groups in total. The van der Waals surface area contributed by atoms with Crippen LogP contribution in [0, 0.1) is 0 Å². The summed E-state index contributed by atoms with van der Waals surface area (Å²) < 4.78 is 10.7. The van der Waals surface area contributed by atoms with Gasteiger partial charge in [0.15, 0.2) is 18.1 Å². The summed E-state index contributed by atoms with van der Waals surface area (Å²) in [7, 11) is 1.58. The molecule has 0 saturated carbocycles. The number of nitrogens with one attached hydrogen (secondary N) is 1. The highest BCUT2D eigenvalue weighted by Crippen LogP contribution is 2.27. The van der Waals surface area contributed by atoms with Crippen molar-refractivity contribution in [2.24, 2.45) is 0 Å². The number of amides is 1. The molecule has 2 aromatic carbocycles. The van der Waals surface area contributed by atoms with E-state index in [1.165, 1.54) is 17.7 Å². The molecule has 0 bridgehead atoms. The summed E-state index contributed by atoms with van der Waals surface area (Å²) in [5, 5.41) is 2.92. The fourth-order valence-electron chi connectivity index (χ4n) is 3.27. The van der Waals surface area contributed by atoms with Crippen LogP contribution in [-0.4, -0.2) is 39.3 Å². The number of carbonyl (C=O) groups excluding carboxylic acids is 1. The lowest BCUT2D eigenvalue weighted by molar-refractivity contribution is -0.123. The van der Waals surface area contributed by atoms with Crippen LogP contribution in [0.25, 0.3) is 0 Å². The van der Waals surface area contributed by atoms with Crippen LogP contribution in [-0.2, 0) is 11.2 Å². The van der Waals surface area contributed by atoms with Crippen LogP contribution in [0.4, 0.5) is 5.69 Å². The normalized spacial score (nSPS) is 13.0. The highest BCUT2D eigenvalue weighted by atomic mass is 16.5. The van der Waals surface area contributed by atoms with Crippen LogP contribution in [0.5, 0.6) is 11.5 Å². The summed E-state index contributed by atoms with van der Waals surface area (Å²) in [6, 6.07) is 15.9. The van der Waals surface area contributed by atoms with Gasteiger partial charge in [-0.2, -0.15) is 0 Å². The molecule has 1 amide bonds. The number of benzene rings is 2. The summed E-state index contributed by atoms with van der Waals surface area (Å²) in [6.07, 6.45) is 3.26. The van der Waals surface area contributed by atoms with Crippen molar-refractivity contribution in [1.29, 1.82) is 0 Å². The molecule has 3 rings (SSSR count). The molecule has 1 aliphatic rings. The SMILES string of the molecule is COc1ccccc1OCC(=O)NCCCN1CCCc2ccccc21. The zero-order valence-electron chi connectivity index (χ0n) is 15.2. The average molecular weight is 354 g/mol. The highest BCUT2D eigenvalue weighted by molar-refractivity contribution is 5.77. The molecule has 0 unspecified atom stereocenters. The number of hydrogen-bond donors (Lipinski definition) is 1. The lowest BCUT2D eigenvalue weighted by Gasteiger charge is -2.31. The second-order valence-corrected chi connectivity index (χ2v) is 6.36. The Morgan fingerprint density at radius 3 is 2.73 bits per heavy atom. The van der Waals surface area contributed by atoms with Crippen LogP contribution < -0.4 is 19.7 Å². The number of nitrogens with zero attached hydrogens (tertiary/aromatic N) is 1. The quantitative estimate of drug-likeness (QED) is 0.741. The van der Waals surface area contributed by atoms with Gasteiger partial charge in [0.1, 0.15) is 0 Å². The van der Waals surface area contributed by atoms with E-state index in [1.54, 1.807) is 13.2 Å². The number of rotatable bonds is 8. The second kappa shape index (κ2) is 9.13. The molecular formula is C21H26N2O3. The summed E-state index contributed by atoms with van der Waals surface area (Å²) in [4.78, 5) is 14.4. The second-order valence-electron chi connectivity index (χ2n) is 6.36. The molecule has 5 heteroatoms. The van der Waals surface area contributed by atoms with Gasteiger partial charge in [0.25, 0.3) is 5.91 Å². The predicted octanol–water partition coefficient (Wildman–Crippen LogP) is 3.03. The van der Waals surface area contributed by atoms with Gasteiger partial charge in [-0.15, -0.1) is 0 Å². The van der Waals surface area contributed by atoms with Gasteiger partial charge in [-0.25, -0.2) is 0 Å². The molecule has 138 valence electrons. The molecule has 0 spiro atoms. The molecular weight excluding hydrogens is 328 g/mol. The third kappa shape index (κ3) is 4.69. The van der Waals surface area contributed by atoms with Crippen LogP contribution >= 0.6 is 0 Å². The summed E-state index contributed by atoms with van der Waals surface area (Å²) >= 11 is 0. The fraction of sp³-hybridized carbons (Fsp3) is 0.381. The number of ether oxygens (including phenoxy) is 2. The van der Waals surface area contributed by atoms with Gasteiger partial charge in [0.2, 0.25) is 0 Å². The lowest BCUT2D eigenvalue weighted by atomic mass is 10.0. The topological polar surface area (TPSA) is 50.8 Å². The number of anilines is 1. The first-order valence-corrected chi connectivity index (χ1v) is 9.13. The van der Waals surface area contributed by atoms with Gasteiger partial charge in [-0.1, -0.05) is 30.3 Å². The predicted molar refractivity (Wildman–Crippen MR) is 103 cm³/mol.